The SMILES string of the molecule is CC(C)C[C@H](N)C(=O)N[C@@H](CC(=O)OCc1ccccc1)C(=O)N[C@H](C(=O)N1CCC[C@H]1C(=O)OCc1ccccc1)C(C)C. The zero-order chi connectivity index (χ0) is 32.9. The predicted octanol–water partition coefficient (Wildman–Crippen LogP) is 2.85. The number of esters is 2. The maximum atomic E-state index is 13.8. The molecule has 0 spiro atoms. The molecule has 0 radical (unpaired) electrons. The minimum absolute atomic E-state index is 0.00134. The van der Waals surface area contributed by atoms with Gasteiger partial charge in [0.25, 0.3) is 0 Å². The fourth-order valence-corrected chi connectivity index (χ4v) is 5.11. The molecule has 11 nitrogen and oxygen atoms in total. The first-order valence-electron chi connectivity index (χ1n) is 15.5. The van der Waals surface area contributed by atoms with Gasteiger partial charge in [0.1, 0.15) is 31.3 Å². The summed E-state index contributed by atoms with van der Waals surface area (Å²) in [4.78, 5) is 67.5. The number of benzene rings is 2. The average molecular weight is 623 g/mol. The summed E-state index contributed by atoms with van der Waals surface area (Å²) < 4.78 is 10.9. The Bertz CT molecular complexity index is 1290. The number of nitrogens with zero attached hydrogens (tertiary/aromatic N) is 1. The molecule has 45 heavy (non-hydrogen) atoms. The Morgan fingerprint density at radius 1 is 0.844 bits per heavy atom. The van der Waals surface area contributed by atoms with Crippen LogP contribution in [0.4, 0.5) is 0 Å². The Morgan fingerprint density at radius 2 is 1.42 bits per heavy atom. The quantitative estimate of drug-likeness (QED) is 0.256. The van der Waals surface area contributed by atoms with Gasteiger partial charge >= 0.3 is 11.9 Å². The van der Waals surface area contributed by atoms with Crippen LogP contribution in [0.1, 0.15) is 64.5 Å². The van der Waals surface area contributed by atoms with Crippen LogP contribution in [0.2, 0.25) is 0 Å². The van der Waals surface area contributed by atoms with Crippen molar-refractivity contribution < 1.29 is 33.4 Å². The van der Waals surface area contributed by atoms with Crippen LogP contribution in [-0.2, 0) is 46.7 Å². The number of nitrogens with two attached hydrogens (primary N) is 1. The molecule has 0 unspecified atom stereocenters. The molecule has 244 valence electrons. The van der Waals surface area contributed by atoms with E-state index in [2.05, 4.69) is 10.6 Å². The van der Waals surface area contributed by atoms with E-state index in [0.717, 1.165) is 11.1 Å². The number of hydrogen-bond donors (Lipinski definition) is 3. The lowest BCUT2D eigenvalue weighted by Crippen LogP contribution is -2.59. The summed E-state index contributed by atoms with van der Waals surface area (Å²) in [6.07, 6.45) is 0.964. The topological polar surface area (TPSA) is 157 Å². The molecule has 4 N–H and O–H groups in total. The van der Waals surface area contributed by atoms with Crippen molar-refractivity contribution in [3.8, 4) is 0 Å². The van der Waals surface area contributed by atoms with Gasteiger partial charge in [0.2, 0.25) is 17.7 Å². The van der Waals surface area contributed by atoms with Gasteiger partial charge in [-0.2, -0.15) is 0 Å². The highest BCUT2D eigenvalue weighted by atomic mass is 16.5. The highest BCUT2D eigenvalue weighted by molar-refractivity contribution is 5.96. The van der Waals surface area contributed by atoms with E-state index >= 15 is 0 Å². The van der Waals surface area contributed by atoms with Crippen molar-refractivity contribution in [2.45, 2.75) is 90.8 Å². The molecule has 1 aliphatic heterocycles. The van der Waals surface area contributed by atoms with E-state index in [1.165, 1.54) is 4.90 Å². The van der Waals surface area contributed by atoms with Crippen LogP contribution in [0.25, 0.3) is 0 Å². The molecular weight excluding hydrogens is 576 g/mol. The first-order chi connectivity index (χ1) is 21.5. The molecular formula is C34H46N4O7. The predicted molar refractivity (Wildman–Crippen MR) is 168 cm³/mol. The standard InChI is InChI=1S/C34H46N4O7/c1-22(2)18-26(35)31(40)36-27(19-29(39)44-20-24-12-7-5-8-13-24)32(41)37-30(23(3)4)33(42)38-17-11-16-28(38)34(43)45-21-25-14-9-6-10-15-25/h5-10,12-15,22-23,26-28,30H,11,16-21,35H2,1-4H3,(H,36,40)(H,37,41)/t26-,27-,28-,30-/m0/s1. The number of rotatable bonds is 15. The summed E-state index contributed by atoms with van der Waals surface area (Å²) in [5.41, 5.74) is 7.65. The largest absolute Gasteiger partial charge is 0.461 e. The molecule has 0 aliphatic carbocycles. The van der Waals surface area contributed by atoms with E-state index in [1.807, 2.05) is 62.4 Å². The second-order valence-electron chi connectivity index (χ2n) is 12.2. The third-order valence-corrected chi connectivity index (χ3v) is 7.57. The Kier molecular flexibility index (Phi) is 13.5. The molecule has 11 heteroatoms. The van der Waals surface area contributed by atoms with Gasteiger partial charge in [-0.15, -0.1) is 0 Å². The van der Waals surface area contributed by atoms with Crippen molar-refractivity contribution in [3.63, 3.8) is 0 Å². The normalized spacial score (nSPS) is 16.5. The lowest BCUT2D eigenvalue weighted by molar-refractivity contribution is -0.155. The Labute approximate surface area is 265 Å². The van der Waals surface area contributed by atoms with E-state index in [9.17, 15) is 24.0 Å². The van der Waals surface area contributed by atoms with E-state index in [4.69, 9.17) is 15.2 Å². The number of carbonyl (C=O) groups is 5. The van der Waals surface area contributed by atoms with Crippen molar-refractivity contribution in [1.29, 1.82) is 0 Å². The van der Waals surface area contributed by atoms with Crippen molar-refractivity contribution >= 4 is 29.7 Å². The molecule has 1 heterocycles. The highest BCUT2D eigenvalue weighted by Gasteiger charge is 2.40. The molecule has 2 aromatic carbocycles. The lowest BCUT2D eigenvalue weighted by atomic mass is 10.0. The van der Waals surface area contributed by atoms with Gasteiger partial charge < -0.3 is 30.7 Å². The van der Waals surface area contributed by atoms with E-state index in [-0.39, 0.29) is 25.0 Å². The van der Waals surface area contributed by atoms with Crippen molar-refractivity contribution in [3.05, 3.63) is 71.8 Å². The van der Waals surface area contributed by atoms with E-state index in [0.29, 0.717) is 25.8 Å². The number of likely N-dealkylation sites (tertiary alicyclic amines) is 1. The highest BCUT2D eigenvalue weighted by Crippen LogP contribution is 2.22. The van der Waals surface area contributed by atoms with E-state index in [1.54, 1.807) is 26.0 Å². The van der Waals surface area contributed by atoms with E-state index < -0.39 is 60.2 Å². The first-order valence-corrected chi connectivity index (χ1v) is 15.5. The second kappa shape index (κ2) is 17.3. The summed E-state index contributed by atoms with van der Waals surface area (Å²) in [5, 5.41) is 5.32. The number of hydrogen-bond acceptors (Lipinski definition) is 8. The van der Waals surface area contributed by atoms with Gasteiger partial charge in [-0.25, -0.2) is 4.79 Å². The Hall–Kier alpha value is -4.25. The second-order valence-corrected chi connectivity index (χ2v) is 12.2. The maximum absolute atomic E-state index is 13.8. The van der Waals surface area contributed by atoms with Crippen LogP contribution >= 0.6 is 0 Å². The summed E-state index contributed by atoms with van der Waals surface area (Å²) in [6.45, 7) is 7.78. The van der Waals surface area contributed by atoms with Gasteiger partial charge in [0, 0.05) is 6.54 Å². The van der Waals surface area contributed by atoms with Crippen LogP contribution in [0.5, 0.6) is 0 Å². The molecule has 0 saturated carbocycles. The van der Waals surface area contributed by atoms with Crippen LogP contribution in [-0.4, -0.2) is 65.3 Å². The third-order valence-electron chi connectivity index (χ3n) is 7.57. The monoisotopic (exact) mass is 622 g/mol. The van der Waals surface area contributed by atoms with Crippen LogP contribution in [0.15, 0.2) is 60.7 Å². The number of nitrogens with one attached hydrogen (secondary N) is 2. The van der Waals surface area contributed by atoms with Crippen LogP contribution in [0.3, 0.4) is 0 Å². The molecule has 0 bridgehead atoms. The Morgan fingerprint density at radius 3 is 1.98 bits per heavy atom. The van der Waals surface area contributed by atoms with Gasteiger partial charge in [-0.1, -0.05) is 88.4 Å². The summed E-state index contributed by atoms with van der Waals surface area (Å²) >= 11 is 0. The number of ether oxygens (including phenoxy) is 2. The molecule has 3 rings (SSSR count). The zero-order valence-corrected chi connectivity index (χ0v) is 26.6. The fraction of sp³-hybridized carbons (Fsp3) is 0.500. The molecule has 1 fully saturated rings. The van der Waals surface area contributed by atoms with Gasteiger partial charge in [-0.3, -0.25) is 19.2 Å². The number of amides is 3. The first kappa shape index (κ1) is 35.2. The van der Waals surface area contributed by atoms with Crippen molar-refractivity contribution in [1.82, 2.24) is 15.5 Å². The molecule has 3 amide bonds. The van der Waals surface area contributed by atoms with Crippen LogP contribution < -0.4 is 16.4 Å². The number of carbonyl (C=O) groups excluding carboxylic acids is 5. The average Bonchev–Trinajstić information content (AvgIpc) is 3.51. The zero-order valence-electron chi connectivity index (χ0n) is 26.6. The van der Waals surface area contributed by atoms with Crippen molar-refractivity contribution in [2.75, 3.05) is 6.54 Å². The van der Waals surface area contributed by atoms with Gasteiger partial charge in [0.15, 0.2) is 0 Å². The molecule has 1 saturated heterocycles. The third kappa shape index (κ3) is 11.0. The molecule has 2 aromatic rings. The Balaban J connectivity index is 1.70. The molecule has 1 aliphatic rings. The van der Waals surface area contributed by atoms with Crippen LogP contribution in [0, 0.1) is 11.8 Å². The smallest absolute Gasteiger partial charge is 0.329 e. The molecule has 4 atom stereocenters. The summed E-state index contributed by atoms with van der Waals surface area (Å²) in [7, 11) is 0. The van der Waals surface area contributed by atoms with Gasteiger partial charge in [-0.05, 0) is 42.2 Å². The van der Waals surface area contributed by atoms with Crippen molar-refractivity contribution in [2.24, 2.45) is 17.6 Å². The fourth-order valence-electron chi connectivity index (χ4n) is 5.11. The maximum Gasteiger partial charge on any atom is 0.329 e. The summed E-state index contributed by atoms with van der Waals surface area (Å²) in [6, 6.07) is 14.3. The lowest BCUT2D eigenvalue weighted by Gasteiger charge is -2.31. The minimum Gasteiger partial charge on any atom is -0.461 e. The minimum atomic E-state index is -1.33. The molecule has 0 aromatic heterocycles. The van der Waals surface area contributed by atoms with Gasteiger partial charge in [0.05, 0.1) is 12.5 Å². The summed E-state index contributed by atoms with van der Waals surface area (Å²) in [5.74, 6) is -3.21.